The second-order valence-corrected chi connectivity index (χ2v) is 6.63. The molecule has 1 amide bonds. The van der Waals surface area contributed by atoms with Crippen LogP contribution in [0.1, 0.15) is 40.3 Å². The third kappa shape index (κ3) is 3.35. The molecule has 1 aromatic carbocycles. The number of fused-ring (bicyclic) bond motifs is 1. The molecule has 0 saturated heterocycles. The maximum atomic E-state index is 13.6. The molecule has 146 valence electrons. The Hall–Kier alpha value is -3.23. The summed E-state index contributed by atoms with van der Waals surface area (Å²) in [6.45, 7) is 1.82. The molecule has 9 heteroatoms. The van der Waals surface area contributed by atoms with Gasteiger partial charge in [-0.15, -0.1) is 0 Å². The van der Waals surface area contributed by atoms with Crippen molar-refractivity contribution >= 4 is 17.4 Å². The molecule has 0 saturated carbocycles. The minimum Gasteiger partial charge on any atom is -0.467 e. The van der Waals surface area contributed by atoms with Gasteiger partial charge in [-0.1, -0.05) is 18.2 Å². The summed E-state index contributed by atoms with van der Waals surface area (Å²) in [7, 11) is 0. The molecule has 28 heavy (non-hydrogen) atoms. The summed E-state index contributed by atoms with van der Waals surface area (Å²) in [4.78, 5) is 12.5. The number of para-hydroxylation sites is 1. The summed E-state index contributed by atoms with van der Waals surface area (Å²) in [6, 6.07) is 9.15. The predicted octanol–water partition coefficient (Wildman–Crippen LogP) is 4.70. The minimum absolute atomic E-state index is 0.0971. The molecule has 0 aliphatic carbocycles. The van der Waals surface area contributed by atoms with Crippen molar-refractivity contribution in [3.63, 3.8) is 0 Å². The van der Waals surface area contributed by atoms with E-state index in [0.717, 1.165) is 10.2 Å². The number of halogens is 3. The van der Waals surface area contributed by atoms with Gasteiger partial charge in [0.15, 0.2) is 11.7 Å². The van der Waals surface area contributed by atoms with Crippen LogP contribution in [0.4, 0.5) is 24.7 Å². The lowest BCUT2D eigenvalue weighted by Crippen LogP contribution is -2.35. The van der Waals surface area contributed by atoms with Crippen LogP contribution in [0.25, 0.3) is 0 Å². The molecule has 0 radical (unpaired) electrons. The van der Waals surface area contributed by atoms with Crippen LogP contribution in [-0.4, -0.2) is 21.9 Å². The first-order valence-corrected chi connectivity index (χ1v) is 8.66. The number of hydrogen-bond acceptors (Lipinski definition) is 4. The van der Waals surface area contributed by atoms with Crippen molar-refractivity contribution in [3.8, 4) is 0 Å². The Bertz CT molecular complexity index is 995. The average Bonchev–Trinajstić information content (AvgIpc) is 3.31. The lowest BCUT2D eigenvalue weighted by Gasteiger charge is -2.32. The molecule has 3 aromatic rings. The fourth-order valence-corrected chi connectivity index (χ4v) is 3.26. The first kappa shape index (κ1) is 18.1. The predicted molar refractivity (Wildman–Crippen MR) is 96.1 cm³/mol. The van der Waals surface area contributed by atoms with Gasteiger partial charge in [0.2, 0.25) is 0 Å². The molecular weight excluding hydrogens is 373 g/mol. The number of benzene rings is 1. The summed E-state index contributed by atoms with van der Waals surface area (Å²) >= 11 is 0. The third-order valence-electron chi connectivity index (χ3n) is 4.70. The largest absolute Gasteiger partial charge is 0.467 e. The van der Waals surface area contributed by atoms with E-state index in [0.29, 0.717) is 11.4 Å². The highest BCUT2D eigenvalue weighted by molar-refractivity contribution is 6.03. The van der Waals surface area contributed by atoms with Gasteiger partial charge in [-0.2, -0.15) is 18.3 Å². The Morgan fingerprint density at radius 1 is 1.29 bits per heavy atom. The van der Waals surface area contributed by atoms with E-state index in [1.807, 2.05) is 19.1 Å². The number of amides is 1. The Labute approximate surface area is 158 Å². The number of aromatic nitrogens is 2. The molecule has 4 rings (SSSR count). The van der Waals surface area contributed by atoms with E-state index in [1.54, 1.807) is 24.3 Å². The highest BCUT2D eigenvalue weighted by Crippen LogP contribution is 2.43. The zero-order chi connectivity index (χ0) is 19.9. The number of rotatable bonds is 3. The molecule has 0 fully saturated rings. The smallest absolute Gasteiger partial charge is 0.410 e. The Balaban J connectivity index is 1.65. The zero-order valence-electron chi connectivity index (χ0n) is 14.8. The molecule has 3 heterocycles. The second kappa shape index (κ2) is 6.74. The first-order chi connectivity index (χ1) is 13.3. The number of furan rings is 1. The van der Waals surface area contributed by atoms with Crippen LogP contribution in [0, 0.1) is 6.92 Å². The molecular formula is C19H17F3N4O2. The molecule has 1 aliphatic heterocycles. The molecule has 0 unspecified atom stereocenters. The first-order valence-electron chi connectivity index (χ1n) is 8.66. The lowest BCUT2D eigenvalue weighted by atomic mass is 10.0. The summed E-state index contributed by atoms with van der Waals surface area (Å²) in [5, 5.41) is 9.60. The van der Waals surface area contributed by atoms with Crippen molar-refractivity contribution in [3.05, 3.63) is 65.7 Å². The summed E-state index contributed by atoms with van der Waals surface area (Å²) in [5.41, 5.74) is 1.32. The molecule has 0 spiro atoms. The van der Waals surface area contributed by atoms with E-state index >= 15 is 0 Å². The monoisotopic (exact) mass is 390 g/mol. The number of hydrogen-bond donors (Lipinski definition) is 2. The van der Waals surface area contributed by atoms with E-state index in [-0.39, 0.29) is 17.9 Å². The van der Waals surface area contributed by atoms with Crippen molar-refractivity contribution in [2.75, 3.05) is 10.6 Å². The van der Waals surface area contributed by atoms with Crippen LogP contribution >= 0.6 is 0 Å². The molecule has 0 bridgehead atoms. The van der Waals surface area contributed by atoms with Gasteiger partial charge >= 0.3 is 6.18 Å². The van der Waals surface area contributed by atoms with Gasteiger partial charge in [-0.3, -0.25) is 4.79 Å². The van der Waals surface area contributed by atoms with E-state index in [4.69, 9.17) is 4.42 Å². The van der Waals surface area contributed by atoms with E-state index in [2.05, 4.69) is 15.7 Å². The van der Waals surface area contributed by atoms with Gasteiger partial charge < -0.3 is 15.1 Å². The number of anilines is 2. The van der Waals surface area contributed by atoms with Crippen LogP contribution in [0.2, 0.25) is 0 Å². The fourth-order valence-electron chi connectivity index (χ4n) is 3.26. The number of alkyl halides is 3. The fraction of sp³-hybridized carbons (Fsp3) is 0.263. The molecule has 1 aliphatic rings. The average molecular weight is 390 g/mol. The van der Waals surface area contributed by atoms with Crippen molar-refractivity contribution in [2.24, 2.45) is 0 Å². The van der Waals surface area contributed by atoms with E-state index < -0.39 is 24.2 Å². The van der Waals surface area contributed by atoms with Crippen molar-refractivity contribution in [1.29, 1.82) is 0 Å². The number of aryl methyl sites for hydroxylation is 1. The van der Waals surface area contributed by atoms with Crippen LogP contribution in [0.15, 0.2) is 53.1 Å². The number of carbonyl (C=O) groups is 1. The van der Waals surface area contributed by atoms with E-state index in [1.165, 1.54) is 12.3 Å². The Kier molecular flexibility index (Phi) is 4.37. The molecule has 2 N–H and O–H groups in total. The van der Waals surface area contributed by atoms with Crippen LogP contribution < -0.4 is 10.6 Å². The van der Waals surface area contributed by atoms with E-state index in [9.17, 15) is 18.0 Å². The Morgan fingerprint density at radius 3 is 2.75 bits per heavy atom. The van der Waals surface area contributed by atoms with Gasteiger partial charge in [0, 0.05) is 18.2 Å². The van der Waals surface area contributed by atoms with Gasteiger partial charge in [0.25, 0.3) is 5.91 Å². The van der Waals surface area contributed by atoms with Crippen LogP contribution in [0.3, 0.4) is 0 Å². The van der Waals surface area contributed by atoms with Gasteiger partial charge in [-0.05, 0) is 30.7 Å². The normalized spacial score (nSPS) is 19.0. The summed E-state index contributed by atoms with van der Waals surface area (Å²) in [6.07, 6.45) is -3.39. The SMILES string of the molecule is Cc1ccccc1NC(=O)c1cc2n(n1)[C@H](C(F)(F)F)C[C@H](c1ccco1)N2. The molecule has 2 atom stereocenters. The second-order valence-electron chi connectivity index (χ2n) is 6.63. The summed E-state index contributed by atoms with van der Waals surface area (Å²) < 4.78 is 47.0. The number of nitrogens with zero attached hydrogens (tertiary/aromatic N) is 2. The highest BCUT2D eigenvalue weighted by atomic mass is 19.4. The van der Waals surface area contributed by atoms with Gasteiger partial charge in [0.1, 0.15) is 11.6 Å². The van der Waals surface area contributed by atoms with Gasteiger partial charge in [0.05, 0.1) is 12.3 Å². The Morgan fingerprint density at radius 2 is 2.07 bits per heavy atom. The molecule has 2 aromatic heterocycles. The van der Waals surface area contributed by atoms with Crippen molar-refractivity contribution in [2.45, 2.75) is 31.6 Å². The maximum Gasteiger partial charge on any atom is 0.410 e. The lowest BCUT2D eigenvalue weighted by molar-refractivity contribution is -0.174. The highest BCUT2D eigenvalue weighted by Gasteiger charge is 2.47. The standard InChI is InChI=1S/C19H17F3N4O2/c1-11-5-2-3-6-12(11)24-18(27)14-10-17-23-13(15-7-4-8-28-15)9-16(19(20,21)22)26(17)25-14/h2-8,10,13,16,23H,9H2,1H3,(H,24,27)/t13-,16+/m1/s1. The van der Waals surface area contributed by atoms with Crippen molar-refractivity contribution in [1.82, 2.24) is 9.78 Å². The molecule has 6 nitrogen and oxygen atoms in total. The third-order valence-corrected chi connectivity index (χ3v) is 4.70. The quantitative estimate of drug-likeness (QED) is 0.680. The number of nitrogens with one attached hydrogen (secondary N) is 2. The van der Waals surface area contributed by atoms with Crippen LogP contribution in [0.5, 0.6) is 0 Å². The summed E-state index contributed by atoms with van der Waals surface area (Å²) in [5.74, 6) is -0.0639. The zero-order valence-corrected chi connectivity index (χ0v) is 14.8. The number of carbonyl (C=O) groups excluding carboxylic acids is 1. The van der Waals surface area contributed by atoms with Gasteiger partial charge in [-0.25, -0.2) is 4.68 Å². The van der Waals surface area contributed by atoms with Crippen LogP contribution in [-0.2, 0) is 0 Å². The topological polar surface area (TPSA) is 72.1 Å². The maximum absolute atomic E-state index is 13.6. The van der Waals surface area contributed by atoms with Crippen molar-refractivity contribution < 1.29 is 22.4 Å². The minimum atomic E-state index is -4.52.